The Morgan fingerprint density at radius 2 is 1.67 bits per heavy atom. The number of nitrogens with one attached hydrogen (secondary N) is 4. The number of carboxylic acids is 1. The SMILES string of the molecule is CCC(C)C(NC(=O)C(Cc1ccc(O)cc1)NC(=O)C(C)NC(=O)C(N)Cc1cnc[nH]1)C(=O)O. The lowest BCUT2D eigenvalue weighted by Crippen LogP contribution is -2.57. The average molecular weight is 503 g/mol. The number of benzene rings is 1. The molecule has 0 radical (unpaired) electrons. The number of carboxylic acid groups (broad SMARTS) is 1. The maximum atomic E-state index is 13.1. The molecule has 3 amide bonds. The van der Waals surface area contributed by atoms with Crippen LogP contribution in [0, 0.1) is 5.92 Å². The fourth-order valence-corrected chi connectivity index (χ4v) is 3.42. The van der Waals surface area contributed by atoms with E-state index < -0.39 is 47.9 Å². The number of imidazole rings is 1. The summed E-state index contributed by atoms with van der Waals surface area (Å²) < 4.78 is 0. The largest absolute Gasteiger partial charge is 0.508 e. The molecule has 1 aromatic carbocycles. The van der Waals surface area contributed by atoms with E-state index in [-0.39, 0.29) is 24.5 Å². The first-order valence-electron chi connectivity index (χ1n) is 11.7. The first-order chi connectivity index (χ1) is 17.0. The molecule has 196 valence electrons. The summed E-state index contributed by atoms with van der Waals surface area (Å²) in [5.74, 6) is -3.38. The summed E-state index contributed by atoms with van der Waals surface area (Å²) in [6, 6.07) is 1.83. The molecule has 0 aliphatic rings. The standard InChI is InChI=1S/C24H34N6O6/c1-4-13(2)20(24(35)36)30-23(34)19(9-15-5-7-17(31)8-6-15)29-21(32)14(3)28-22(33)18(25)10-16-11-26-12-27-16/h5-8,11-14,18-20,31H,4,9-10,25H2,1-3H3,(H,26,27)(H,28,33)(H,29,32)(H,30,34)(H,35,36). The number of H-pyrrole nitrogens is 1. The van der Waals surface area contributed by atoms with E-state index >= 15 is 0 Å². The fourth-order valence-electron chi connectivity index (χ4n) is 3.42. The van der Waals surface area contributed by atoms with Crippen LogP contribution in [-0.2, 0) is 32.0 Å². The topological polar surface area (TPSA) is 200 Å². The third kappa shape index (κ3) is 8.38. The highest BCUT2D eigenvalue weighted by molar-refractivity contribution is 5.94. The second kappa shape index (κ2) is 13.2. The third-order valence-corrected chi connectivity index (χ3v) is 5.87. The molecular weight excluding hydrogens is 468 g/mol. The van der Waals surface area contributed by atoms with Crippen molar-refractivity contribution in [2.24, 2.45) is 11.7 Å². The molecule has 12 nitrogen and oxygen atoms in total. The van der Waals surface area contributed by atoms with Gasteiger partial charge in [-0.15, -0.1) is 0 Å². The highest BCUT2D eigenvalue weighted by Crippen LogP contribution is 2.13. The molecule has 0 aliphatic heterocycles. The van der Waals surface area contributed by atoms with Gasteiger partial charge in [-0.25, -0.2) is 9.78 Å². The van der Waals surface area contributed by atoms with Gasteiger partial charge in [-0.2, -0.15) is 0 Å². The molecule has 0 aliphatic carbocycles. The highest BCUT2D eigenvalue weighted by atomic mass is 16.4. The Kier molecular flexibility index (Phi) is 10.4. The molecule has 0 saturated heterocycles. The Morgan fingerprint density at radius 1 is 1.00 bits per heavy atom. The van der Waals surface area contributed by atoms with Crippen molar-refractivity contribution in [2.75, 3.05) is 0 Å². The first-order valence-corrected chi connectivity index (χ1v) is 11.7. The Hall–Kier alpha value is -3.93. The summed E-state index contributed by atoms with van der Waals surface area (Å²) in [5.41, 5.74) is 7.20. The second-order valence-corrected chi connectivity index (χ2v) is 8.76. The number of phenols is 1. The molecule has 0 saturated carbocycles. The number of hydrogen-bond donors (Lipinski definition) is 7. The number of aromatic amines is 1. The van der Waals surface area contributed by atoms with Crippen LogP contribution in [-0.4, -0.2) is 68.0 Å². The van der Waals surface area contributed by atoms with Gasteiger partial charge < -0.3 is 36.9 Å². The Bertz CT molecular complexity index is 1030. The number of rotatable bonds is 13. The molecule has 12 heteroatoms. The number of aliphatic carboxylic acids is 1. The first kappa shape index (κ1) is 28.3. The van der Waals surface area contributed by atoms with E-state index in [0.717, 1.165) is 0 Å². The monoisotopic (exact) mass is 502 g/mol. The molecular formula is C24H34N6O6. The van der Waals surface area contributed by atoms with Gasteiger partial charge in [0, 0.05) is 24.7 Å². The quantitative estimate of drug-likeness (QED) is 0.196. The molecule has 2 rings (SSSR count). The van der Waals surface area contributed by atoms with Gasteiger partial charge >= 0.3 is 5.97 Å². The Balaban J connectivity index is 2.10. The predicted octanol–water partition coefficient (Wildman–Crippen LogP) is -0.167. The summed E-state index contributed by atoms with van der Waals surface area (Å²) >= 11 is 0. The molecule has 0 fully saturated rings. The third-order valence-electron chi connectivity index (χ3n) is 5.87. The second-order valence-electron chi connectivity index (χ2n) is 8.76. The number of carbonyl (C=O) groups is 4. The number of nitrogens with zero attached hydrogens (tertiary/aromatic N) is 1. The Morgan fingerprint density at radius 3 is 2.22 bits per heavy atom. The zero-order valence-corrected chi connectivity index (χ0v) is 20.5. The number of nitrogens with two attached hydrogens (primary N) is 1. The molecule has 8 N–H and O–H groups in total. The summed E-state index contributed by atoms with van der Waals surface area (Å²) in [4.78, 5) is 56.8. The van der Waals surface area contributed by atoms with E-state index in [4.69, 9.17) is 5.73 Å². The van der Waals surface area contributed by atoms with Crippen LogP contribution in [0.25, 0.3) is 0 Å². The molecule has 1 aromatic heterocycles. The molecule has 1 heterocycles. The number of aromatic nitrogens is 2. The molecule has 2 aromatic rings. The van der Waals surface area contributed by atoms with Crippen LogP contribution < -0.4 is 21.7 Å². The van der Waals surface area contributed by atoms with Crippen molar-refractivity contribution in [3.05, 3.63) is 48.0 Å². The van der Waals surface area contributed by atoms with Gasteiger partial charge in [0.05, 0.1) is 12.4 Å². The maximum absolute atomic E-state index is 13.1. The van der Waals surface area contributed by atoms with Gasteiger partial charge in [-0.3, -0.25) is 14.4 Å². The van der Waals surface area contributed by atoms with Gasteiger partial charge in [0.15, 0.2) is 0 Å². The molecule has 36 heavy (non-hydrogen) atoms. The fraction of sp³-hybridized carbons (Fsp3) is 0.458. The van der Waals surface area contributed by atoms with Crippen LogP contribution in [0.2, 0.25) is 0 Å². The van der Waals surface area contributed by atoms with Gasteiger partial charge in [0.1, 0.15) is 23.9 Å². The minimum absolute atomic E-state index is 0.0324. The number of hydrogen-bond acceptors (Lipinski definition) is 7. The number of phenolic OH excluding ortho intramolecular Hbond substituents is 1. The summed E-state index contributed by atoms with van der Waals surface area (Å²) in [7, 11) is 0. The smallest absolute Gasteiger partial charge is 0.326 e. The lowest BCUT2D eigenvalue weighted by Gasteiger charge is -2.25. The predicted molar refractivity (Wildman–Crippen MR) is 131 cm³/mol. The van der Waals surface area contributed by atoms with Crippen molar-refractivity contribution in [3.8, 4) is 5.75 Å². The lowest BCUT2D eigenvalue weighted by molar-refractivity contribution is -0.143. The van der Waals surface area contributed by atoms with Crippen molar-refractivity contribution in [1.82, 2.24) is 25.9 Å². The minimum Gasteiger partial charge on any atom is -0.508 e. The molecule has 5 atom stereocenters. The summed E-state index contributed by atoms with van der Waals surface area (Å²) in [6.07, 6.45) is 3.75. The van der Waals surface area contributed by atoms with E-state index in [2.05, 4.69) is 25.9 Å². The summed E-state index contributed by atoms with van der Waals surface area (Å²) in [5, 5.41) is 26.7. The highest BCUT2D eigenvalue weighted by Gasteiger charge is 2.31. The molecule has 5 unspecified atom stereocenters. The van der Waals surface area contributed by atoms with E-state index in [1.165, 1.54) is 25.4 Å². The van der Waals surface area contributed by atoms with E-state index in [0.29, 0.717) is 17.7 Å². The maximum Gasteiger partial charge on any atom is 0.326 e. The van der Waals surface area contributed by atoms with Crippen LogP contribution >= 0.6 is 0 Å². The zero-order valence-electron chi connectivity index (χ0n) is 20.5. The van der Waals surface area contributed by atoms with Gasteiger partial charge in [0.25, 0.3) is 0 Å². The van der Waals surface area contributed by atoms with Gasteiger partial charge in [-0.05, 0) is 30.5 Å². The molecule has 0 spiro atoms. The van der Waals surface area contributed by atoms with Crippen molar-refractivity contribution in [2.45, 2.75) is 64.2 Å². The minimum atomic E-state index is -1.18. The van der Waals surface area contributed by atoms with Crippen molar-refractivity contribution < 1.29 is 29.4 Å². The number of aromatic hydroxyl groups is 1. The lowest BCUT2D eigenvalue weighted by atomic mass is 9.98. The molecule has 0 bridgehead atoms. The van der Waals surface area contributed by atoms with Crippen LogP contribution in [0.4, 0.5) is 0 Å². The normalized spacial score (nSPS) is 15.1. The number of amides is 3. The van der Waals surface area contributed by atoms with Crippen molar-refractivity contribution in [1.29, 1.82) is 0 Å². The average Bonchev–Trinajstić information content (AvgIpc) is 3.35. The Labute approximate surface area is 209 Å². The zero-order chi connectivity index (χ0) is 26.8. The number of carbonyl (C=O) groups excluding carboxylic acids is 3. The van der Waals surface area contributed by atoms with Gasteiger partial charge in [0.2, 0.25) is 17.7 Å². The van der Waals surface area contributed by atoms with Crippen LogP contribution in [0.3, 0.4) is 0 Å². The van der Waals surface area contributed by atoms with Crippen molar-refractivity contribution >= 4 is 23.7 Å². The van der Waals surface area contributed by atoms with E-state index in [1.54, 1.807) is 25.3 Å². The van der Waals surface area contributed by atoms with Crippen LogP contribution in [0.15, 0.2) is 36.8 Å². The van der Waals surface area contributed by atoms with Gasteiger partial charge in [-0.1, -0.05) is 32.4 Å². The van der Waals surface area contributed by atoms with Crippen LogP contribution in [0.5, 0.6) is 5.75 Å². The summed E-state index contributed by atoms with van der Waals surface area (Å²) in [6.45, 7) is 4.96. The van der Waals surface area contributed by atoms with E-state index in [9.17, 15) is 29.4 Å². The van der Waals surface area contributed by atoms with Crippen molar-refractivity contribution in [3.63, 3.8) is 0 Å². The van der Waals surface area contributed by atoms with E-state index in [1.807, 2.05) is 6.92 Å². The van der Waals surface area contributed by atoms with Crippen LogP contribution in [0.1, 0.15) is 38.4 Å².